The van der Waals surface area contributed by atoms with E-state index in [9.17, 15) is 17.6 Å². The Morgan fingerprint density at radius 2 is 1.95 bits per heavy atom. The van der Waals surface area contributed by atoms with E-state index in [-0.39, 0.29) is 10.5 Å². The quantitative estimate of drug-likeness (QED) is 0.749. The first kappa shape index (κ1) is 16.5. The van der Waals surface area contributed by atoms with Crippen molar-refractivity contribution in [2.24, 2.45) is 0 Å². The van der Waals surface area contributed by atoms with Gasteiger partial charge in [0, 0.05) is 0 Å². The molecular formula is C12H16FNO5S. The number of carboxylic acid groups (broad SMARTS) is 1. The Morgan fingerprint density at radius 1 is 1.40 bits per heavy atom. The number of aryl methyl sites for hydroxylation is 1. The molecule has 0 fully saturated rings. The Balaban J connectivity index is 3.37. The number of carboxylic acids is 1. The summed E-state index contributed by atoms with van der Waals surface area (Å²) >= 11 is 0. The summed E-state index contributed by atoms with van der Waals surface area (Å²) in [6.07, 6.45) is 0. The maximum atomic E-state index is 13.6. The molecule has 1 rings (SSSR count). The lowest BCUT2D eigenvalue weighted by atomic mass is 10.1. The van der Waals surface area contributed by atoms with Crippen LogP contribution >= 0.6 is 0 Å². The zero-order valence-electron chi connectivity index (χ0n) is 11.3. The molecule has 0 aliphatic rings. The number of benzene rings is 1. The zero-order valence-corrected chi connectivity index (χ0v) is 12.1. The van der Waals surface area contributed by atoms with Crippen LogP contribution in [0.1, 0.15) is 29.8 Å². The third kappa shape index (κ3) is 3.53. The maximum Gasteiger partial charge on any atom is 0.338 e. The van der Waals surface area contributed by atoms with Gasteiger partial charge in [-0.3, -0.25) is 0 Å². The summed E-state index contributed by atoms with van der Waals surface area (Å²) in [7, 11) is -4.07. The normalized spacial score (nSPS) is 12.4. The van der Waals surface area contributed by atoms with Crippen LogP contribution in [0, 0.1) is 12.7 Å². The standard InChI is InChI=1S/C12H16FNO5S/c1-7-4-8(5-9(10(7)13)11(16)17)20(18,19)14-12(2,3)6-15/h4-5,14-15H,6H2,1-3H3,(H,16,17). The lowest BCUT2D eigenvalue weighted by Gasteiger charge is -2.23. The van der Waals surface area contributed by atoms with Crippen LogP contribution in [-0.4, -0.2) is 36.7 Å². The van der Waals surface area contributed by atoms with E-state index in [4.69, 9.17) is 10.2 Å². The average molecular weight is 305 g/mol. The number of aliphatic hydroxyl groups is 1. The van der Waals surface area contributed by atoms with E-state index in [2.05, 4.69) is 4.72 Å². The van der Waals surface area contributed by atoms with Crippen LogP contribution in [0.5, 0.6) is 0 Å². The van der Waals surface area contributed by atoms with Crippen LogP contribution in [0.4, 0.5) is 4.39 Å². The highest BCUT2D eigenvalue weighted by Gasteiger charge is 2.27. The fraction of sp³-hybridized carbons (Fsp3) is 0.417. The summed E-state index contributed by atoms with van der Waals surface area (Å²) in [5.74, 6) is -2.53. The minimum Gasteiger partial charge on any atom is -0.478 e. The molecule has 0 radical (unpaired) electrons. The van der Waals surface area contributed by atoms with E-state index in [1.807, 2.05) is 0 Å². The number of halogens is 1. The first-order valence-electron chi connectivity index (χ1n) is 5.68. The smallest absolute Gasteiger partial charge is 0.338 e. The van der Waals surface area contributed by atoms with Crippen LogP contribution in [-0.2, 0) is 10.0 Å². The molecule has 0 unspecified atom stereocenters. The van der Waals surface area contributed by atoms with Crippen molar-refractivity contribution in [2.75, 3.05) is 6.61 Å². The van der Waals surface area contributed by atoms with Gasteiger partial charge in [0.25, 0.3) is 0 Å². The Morgan fingerprint density at radius 3 is 2.40 bits per heavy atom. The predicted molar refractivity (Wildman–Crippen MR) is 69.6 cm³/mol. The van der Waals surface area contributed by atoms with Gasteiger partial charge in [0.05, 0.1) is 22.6 Å². The van der Waals surface area contributed by atoms with Gasteiger partial charge in [0.2, 0.25) is 10.0 Å². The number of sulfonamides is 1. The number of aliphatic hydroxyl groups excluding tert-OH is 1. The van der Waals surface area contributed by atoms with Gasteiger partial charge in [-0.05, 0) is 38.5 Å². The summed E-state index contributed by atoms with van der Waals surface area (Å²) in [6, 6.07) is 1.79. The largest absolute Gasteiger partial charge is 0.478 e. The average Bonchev–Trinajstić information content (AvgIpc) is 2.30. The number of aromatic carboxylic acids is 1. The highest BCUT2D eigenvalue weighted by molar-refractivity contribution is 7.89. The van der Waals surface area contributed by atoms with Gasteiger partial charge in [0.15, 0.2) is 0 Å². The molecule has 0 amide bonds. The van der Waals surface area contributed by atoms with Crippen LogP contribution in [0.15, 0.2) is 17.0 Å². The van der Waals surface area contributed by atoms with E-state index >= 15 is 0 Å². The maximum absolute atomic E-state index is 13.6. The molecule has 3 N–H and O–H groups in total. The molecule has 0 aliphatic carbocycles. The highest BCUT2D eigenvalue weighted by Crippen LogP contribution is 2.20. The van der Waals surface area contributed by atoms with Gasteiger partial charge in [-0.15, -0.1) is 0 Å². The first-order valence-corrected chi connectivity index (χ1v) is 7.17. The fourth-order valence-electron chi connectivity index (χ4n) is 1.50. The van der Waals surface area contributed by atoms with Crippen LogP contribution in [0.2, 0.25) is 0 Å². The van der Waals surface area contributed by atoms with E-state index in [1.54, 1.807) is 0 Å². The number of hydrogen-bond donors (Lipinski definition) is 3. The van der Waals surface area contributed by atoms with Gasteiger partial charge < -0.3 is 10.2 Å². The Kier molecular flexibility index (Phi) is 4.52. The zero-order chi connectivity index (χ0) is 15.7. The molecule has 0 saturated carbocycles. The Labute approximate surface area is 116 Å². The molecule has 0 bridgehead atoms. The first-order chi connectivity index (χ1) is 9.00. The topological polar surface area (TPSA) is 104 Å². The Bertz CT molecular complexity index is 639. The van der Waals surface area contributed by atoms with Crippen molar-refractivity contribution in [1.82, 2.24) is 4.72 Å². The van der Waals surface area contributed by atoms with Crippen LogP contribution < -0.4 is 4.72 Å². The third-order valence-electron chi connectivity index (χ3n) is 2.57. The molecule has 0 spiro atoms. The fourth-order valence-corrected chi connectivity index (χ4v) is 3.02. The van der Waals surface area contributed by atoms with Crippen LogP contribution in [0.3, 0.4) is 0 Å². The van der Waals surface area contributed by atoms with E-state index < -0.39 is 39.5 Å². The molecule has 0 aliphatic heterocycles. The van der Waals surface area contributed by atoms with Gasteiger partial charge in [-0.25, -0.2) is 22.3 Å². The molecule has 0 heterocycles. The lowest BCUT2D eigenvalue weighted by Crippen LogP contribution is -2.46. The van der Waals surface area contributed by atoms with Gasteiger partial charge in [-0.1, -0.05) is 0 Å². The second-order valence-corrected chi connectivity index (χ2v) is 6.74. The molecule has 8 heteroatoms. The van der Waals surface area contributed by atoms with Crippen molar-refractivity contribution in [3.63, 3.8) is 0 Å². The minimum atomic E-state index is -4.07. The molecule has 0 aromatic heterocycles. The SMILES string of the molecule is Cc1cc(S(=O)(=O)NC(C)(C)CO)cc(C(=O)O)c1F. The number of nitrogens with one attached hydrogen (secondary N) is 1. The van der Waals surface area contributed by atoms with Gasteiger partial charge in [0.1, 0.15) is 5.82 Å². The third-order valence-corrected chi connectivity index (χ3v) is 4.25. The molecule has 1 aromatic rings. The second kappa shape index (κ2) is 5.47. The van der Waals surface area contributed by atoms with Crippen molar-refractivity contribution >= 4 is 16.0 Å². The summed E-state index contributed by atoms with van der Waals surface area (Å²) in [6.45, 7) is 3.74. The van der Waals surface area contributed by atoms with Gasteiger partial charge >= 0.3 is 5.97 Å². The van der Waals surface area contributed by atoms with Crippen LogP contribution in [0.25, 0.3) is 0 Å². The minimum absolute atomic E-state index is 0.0907. The monoisotopic (exact) mass is 305 g/mol. The van der Waals surface area contributed by atoms with Crippen molar-refractivity contribution in [3.8, 4) is 0 Å². The molecular weight excluding hydrogens is 289 g/mol. The summed E-state index contributed by atoms with van der Waals surface area (Å²) < 4.78 is 40.0. The molecule has 6 nitrogen and oxygen atoms in total. The molecule has 0 atom stereocenters. The summed E-state index contributed by atoms with van der Waals surface area (Å²) in [5, 5.41) is 17.9. The molecule has 0 saturated heterocycles. The second-order valence-electron chi connectivity index (χ2n) is 5.05. The van der Waals surface area contributed by atoms with E-state index in [0.29, 0.717) is 0 Å². The summed E-state index contributed by atoms with van der Waals surface area (Å²) in [4.78, 5) is 10.5. The molecule has 1 aromatic carbocycles. The lowest BCUT2D eigenvalue weighted by molar-refractivity contribution is 0.0691. The molecule has 112 valence electrons. The Hall–Kier alpha value is -1.51. The number of carbonyl (C=O) groups is 1. The highest BCUT2D eigenvalue weighted by atomic mass is 32.2. The van der Waals surface area contributed by atoms with Crippen molar-refractivity contribution < 1.29 is 27.8 Å². The molecule has 20 heavy (non-hydrogen) atoms. The number of hydrogen-bond acceptors (Lipinski definition) is 4. The van der Waals surface area contributed by atoms with E-state index in [0.717, 1.165) is 12.1 Å². The number of rotatable bonds is 5. The van der Waals surface area contributed by atoms with Crippen molar-refractivity contribution in [1.29, 1.82) is 0 Å². The van der Waals surface area contributed by atoms with Crippen molar-refractivity contribution in [2.45, 2.75) is 31.2 Å². The predicted octanol–water partition coefficient (Wildman–Crippen LogP) is 0.882. The van der Waals surface area contributed by atoms with Crippen molar-refractivity contribution in [3.05, 3.63) is 29.1 Å². The van der Waals surface area contributed by atoms with E-state index in [1.165, 1.54) is 20.8 Å². The van der Waals surface area contributed by atoms with Gasteiger partial charge in [-0.2, -0.15) is 0 Å². The summed E-state index contributed by atoms with van der Waals surface area (Å²) in [5.41, 5.74) is -1.93.